The predicted octanol–water partition coefficient (Wildman–Crippen LogP) is 1.23. The number of rotatable bonds is 4. The Bertz CT molecular complexity index is 859. The molecule has 0 radical (unpaired) electrons. The summed E-state index contributed by atoms with van der Waals surface area (Å²) in [6, 6.07) is 8.18. The SMILES string of the molecule is COCC1(C(=O)O)CCCN1C(=O)c1cc(=O)[nH]c2ccccc12. The number of carbonyl (C=O) groups excluding carboxylic acids is 1. The molecule has 1 atom stereocenters. The Morgan fingerprint density at radius 2 is 2.12 bits per heavy atom. The molecule has 2 heterocycles. The number of fused-ring (bicyclic) bond motifs is 1. The van der Waals surface area contributed by atoms with Crippen molar-refractivity contribution in [2.45, 2.75) is 18.4 Å². The van der Waals surface area contributed by atoms with E-state index in [1.807, 2.05) is 0 Å². The predicted molar refractivity (Wildman–Crippen MR) is 87.1 cm³/mol. The summed E-state index contributed by atoms with van der Waals surface area (Å²) in [4.78, 5) is 40.8. The van der Waals surface area contributed by atoms with Gasteiger partial charge in [-0.1, -0.05) is 18.2 Å². The Morgan fingerprint density at radius 1 is 1.38 bits per heavy atom. The van der Waals surface area contributed by atoms with Crippen LogP contribution in [0.15, 0.2) is 35.1 Å². The van der Waals surface area contributed by atoms with Gasteiger partial charge in [0, 0.05) is 30.6 Å². The molecule has 2 N–H and O–H groups in total. The van der Waals surface area contributed by atoms with E-state index in [4.69, 9.17) is 4.74 Å². The van der Waals surface area contributed by atoms with Crippen molar-refractivity contribution in [1.29, 1.82) is 0 Å². The summed E-state index contributed by atoms with van der Waals surface area (Å²) < 4.78 is 5.08. The molecular weight excluding hydrogens is 312 g/mol. The van der Waals surface area contributed by atoms with Gasteiger partial charge in [0.15, 0.2) is 5.54 Å². The fourth-order valence-corrected chi connectivity index (χ4v) is 3.37. The number of hydrogen-bond acceptors (Lipinski definition) is 4. The number of H-pyrrole nitrogens is 1. The number of aromatic nitrogens is 1. The van der Waals surface area contributed by atoms with Crippen LogP contribution in [0.25, 0.3) is 10.9 Å². The zero-order valence-corrected chi connectivity index (χ0v) is 13.2. The van der Waals surface area contributed by atoms with Crippen molar-refractivity contribution < 1.29 is 19.4 Å². The number of benzene rings is 1. The number of carbonyl (C=O) groups is 2. The molecule has 1 aliphatic heterocycles. The molecule has 0 spiro atoms. The molecule has 1 saturated heterocycles. The lowest BCUT2D eigenvalue weighted by molar-refractivity contribution is -0.151. The summed E-state index contributed by atoms with van der Waals surface area (Å²) in [5.41, 5.74) is -1.04. The van der Waals surface area contributed by atoms with Crippen LogP contribution >= 0.6 is 0 Å². The number of hydrogen-bond donors (Lipinski definition) is 2. The second-order valence-corrected chi connectivity index (χ2v) is 5.92. The van der Waals surface area contributed by atoms with E-state index in [2.05, 4.69) is 4.98 Å². The molecule has 7 heteroatoms. The number of ether oxygens (including phenoxy) is 1. The molecule has 1 fully saturated rings. The molecule has 1 aromatic carbocycles. The fourth-order valence-electron chi connectivity index (χ4n) is 3.37. The second kappa shape index (κ2) is 6.09. The minimum Gasteiger partial charge on any atom is -0.479 e. The number of nitrogens with zero attached hydrogens (tertiary/aromatic N) is 1. The first-order valence-electron chi connectivity index (χ1n) is 7.66. The van der Waals surface area contributed by atoms with Crippen LogP contribution < -0.4 is 5.56 Å². The van der Waals surface area contributed by atoms with Crippen LogP contribution in [-0.2, 0) is 9.53 Å². The van der Waals surface area contributed by atoms with E-state index >= 15 is 0 Å². The number of likely N-dealkylation sites (tertiary alicyclic amines) is 1. The van der Waals surface area contributed by atoms with Gasteiger partial charge in [-0.3, -0.25) is 9.59 Å². The summed E-state index contributed by atoms with van der Waals surface area (Å²) in [6.45, 7) is 0.227. The highest BCUT2D eigenvalue weighted by molar-refractivity contribution is 6.07. The first kappa shape index (κ1) is 16.2. The standard InChI is InChI=1S/C17H18N2O5/c1-24-10-17(16(22)23)7-4-8-19(17)15(21)12-9-14(20)18-13-6-3-2-5-11(12)13/h2-3,5-6,9H,4,7-8,10H2,1H3,(H,18,20)(H,22,23). The third-order valence-corrected chi connectivity index (χ3v) is 4.50. The van der Waals surface area contributed by atoms with Crippen molar-refractivity contribution in [3.05, 3.63) is 46.2 Å². The van der Waals surface area contributed by atoms with Gasteiger partial charge in [-0.05, 0) is 18.9 Å². The topological polar surface area (TPSA) is 99.7 Å². The number of carboxylic acid groups (broad SMARTS) is 1. The average molecular weight is 330 g/mol. The summed E-state index contributed by atoms with van der Waals surface area (Å²) in [6.07, 6.45) is 0.894. The molecule has 126 valence electrons. The number of amides is 1. The lowest BCUT2D eigenvalue weighted by Gasteiger charge is -2.34. The van der Waals surface area contributed by atoms with Gasteiger partial charge in [-0.15, -0.1) is 0 Å². The number of para-hydroxylation sites is 1. The maximum absolute atomic E-state index is 13.1. The van der Waals surface area contributed by atoms with Crippen LogP contribution in [0.1, 0.15) is 23.2 Å². The molecular formula is C17H18N2O5. The summed E-state index contributed by atoms with van der Waals surface area (Å²) in [7, 11) is 1.41. The molecule has 1 aliphatic rings. The van der Waals surface area contributed by atoms with E-state index in [1.54, 1.807) is 24.3 Å². The molecule has 1 aromatic heterocycles. The first-order valence-corrected chi connectivity index (χ1v) is 7.66. The Kier molecular flexibility index (Phi) is 4.11. The van der Waals surface area contributed by atoms with Gasteiger partial charge < -0.3 is 19.7 Å². The Labute approximate surface area is 137 Å². The maximum Gasteiger partial charge on any atom is 0.332 e. The number of aromatic amines is 1. The number of aliphatic carboxylic acids is 1. The van der Waals surface area contributed by atoms with Crippen molar-refractivity contribution in [3.8, 4) is 0 Å². The quantitative estimate of drug-likeness (QED) is 0.878. The lowest BCUT2D eigenvalue weighted by atomic mass is 9.96. The van der Waals surface area contributed by atoms with E-state index in [1.165, 1.54) is 18.1 Å². The third kappa shape index (κ3) is 2.46. The smallest absolute Gasteiger partial charge is 0.332 e. The van der Waals surface area contributed by atoms with Crippen molar-refractivity contribution in [1.82, 2.24) is 9.88 Å². The summed E-state index contributed by atoms with van der Waals surface area (Å²) >= 11 is 0. The van der Waals surface area contributed by atoms with E-state index in [0.29, 0.717) is 30.3 Å². The zero-order chi connectivity index (χ0) is 17.3. The number of nitrogens with one attached hydrogen (secondary N) is 1. The van der Waals surface area contributed by atoms with Gasteiger partial charge in [-0.25, -0.2) is 4.79 Å². The van der Waals surface area contributed by atoms with Gasteiger partial charge in [-0.2, -0.15) is 0 Å². The molecule has 1 unspecified atom stereocenters. The monoisotopic (exact) mass is 330 g/mol. The number of carboxylic acids is 1. The van der Waals surface area contributed by atoms with Gasteiger partial charge in [0.2, 0.25) is 5.56 Å². The summed E-state index contributed by atoms with van der Waals surface area (Å²) in [5, 5.41) is 10.3. The largest absolute Gasteiger partial charge is 0.479 e. The molecule has 2 aromatic rings. The second-order valence-electron chi connectivity index (χ2n) is 5.92. The normalized spacial score (nSPS) is 20.5. The van der Waals surface area contributed by atoms with E-state index in [0.717, 1.165) is 0 Å². The summed E-state index contributed by atoms with van der Waals surface area (Å²) in [5.74, 6) is -1.56. The van der Waals surface area contributed by atoms with Gasteiger partial charge in [0.05, 0.1) is 12.2 Å². The van der Waals surface area contributed by atoms with E-state index in [9.17, 15) is 19.5 Å². The van der Waals surface area contributed by atoms with E-state index in [-0.39, 0.29) is 12.2 Å². The minimum atomic E-state index is -1.39. The number of pyridine rings is 1. The molecule has 1 amide bonds. The van der Waals surface area contributed by atoms with Gasteiger partial charge in [0.25, 0.3) is 5.91 Å². The molecule has 3 rings (SSSR count). The molecule has 0 aliphatic carbocycles. The zero-order valence-electron chi connectivity index (χ0n) is 13.2. The maximum atomic E-state index is 13.1. The van der Waals surface area contributed by atoms with Crippen LogP contribution in [0.4, 0.5) is 0 Å². The van der Waals surface area contributed by atoms with Gasteiger partial charge in [0.1, 0.15) is 0 Å². The van der Waals surface area contributed by atoms with Crippen LogP contribution in [0.2, 0.25) is 0 Å². The van der Waals surface area contributed by atoms with Crippen LogP contribution in [0, 0.1) is 0 Å². The third-order valence-electron chi connectivity index (χ3n) is 4.50. The lowest BCUT2D eigenvalue weighted by Crippen LogP contribution is -2.56. The highest BCUT2D eigenvalue weighted by Gasteiger charge is 2.50. The first-order chi connectivity index (χ1) is 11.5. The van der Waals surface area contributed by atoms with Crippen molar-refractivity contribution in [3.63, 3.8) is 0 Å². The molecule has 7 nitrogen and oxygen atoms in total. The molecule has 0 saturated carbocycles. The Morgan fingerprint density at radius 3 is 2.83 bits per heavy atom. The highest BCUT2D eigenvalue weighted by atomic mass is 16.5. The highest BCUT2D eigenvalue weighted by Crippen LogP contribution is 2.32. The number of methoxy groups -OCH3 is 1. The van der Waals surface area contributed by atoms with Crippen LogP contribution in [-0.4, -0.2) is 52.7 Å². The van der Waals surface area contributed by atoms with Crippen LogP contribution in [0.5, 0.6) is 0 Å². The van der Waals surface area contributed by atoms with Gasteiger partial charge >= 0.3 is 5.97 Å². The fraction of sp³-hybridized carbons (Fsp3) is 0.353. The van der Waals surface area contributed by atoms with Crippen molar-refractivity contribution >= 4 is 22.8 Å². The Hall–Kier alpha value is -2.67. The van der Waals surface area contributed by atoms with Crippen LogP contribution in [0.3, 0.4) is 0 Å². The minimum absolute atomic E-state index is 0.0881. The molecule has 0 bridgehead atoms. The average Bonchev–Trinajstić information content (AvgIpc) is 2.98. The van der Waals surface area contributed by atoms with Crippen molar-refractivity contribution in [2.75, 3.05) is 20.3 Å². The Balaban J connectivity index is 2.12. The van der Waals surface area contributed by atoms with E-state index < -0.39 is 23.0 Å². The van der Waals surface area contributed by atoms with Crippen molar-refractivity contribution in [2.24, 2.45) is 0 Å². The molecule has 24 heavy (non-hydrogen) atoms.